The summed E-state index contributed by atoms with van der Waals surface area (Å²) in [7, 11) is 1.67. The quantitative estimate of drug-likeness (QED) is 0.661. The predicted molar refractivity (Wildman–Crippen MR) is 108 cm³/mol. The first kappa shape index (κ1) is 18.2. The molecule has 28 heavy (non-hydrogen) atoms. The number of rotatable bonds is 3. The molecule has 2 heterocycles. The molecule has 2 aromatic carbocycles. The van der Waals surface area contributed by atoms with Crippen molar-refractivity contribution in [3.05, 3.63) is 58.7 Å². The maximum absolute atomic E-state index is 12.5. The fourth-order valence-electron chi connectivity index (χ4n) is 2.92. The van der Waals surface area contributed by atoms with E-state index in [4.69, 9.17) is 9.26 Å². The van der Waals surface area contributed by atoms with Crippen LogP contribution >= 0.6 is 15.9 Å². The molecule has 1 aliphatic rings. The summed E-state index contributed by atoms with van der Waals surface area (Å²) in [5.74, 6) is 0.528. The SMILES string of the molecule is CC1Oc2ccc(NC(=O)c3cc(-c4ccc(Br)cc4)on3)cc2N(C)C1=O. The number of ether oxygens (including phenoxy) is 1. The number of hydrogen-bond donors (Lipinski definition) is 1. The molecule has 0 radical (unpaired) electrons. The van der Waals surface area contributed by atoms with Crippen molar-refractivity contribution in [2.45, 2.75) is 13.0 Å². The van der Waals surface area contributed by atoms with Gasteiger partial charge in [0.25, 0.3) is 11.8 Å². The van der Waals surface area contributed by atoms with Crippen LogP contribution in [0.4, 0.5) is 11.4 Å². The molecule has 0 saturated carbocycles. The number of amides is 2. The number of fused-ring (bicyclic) bond motifs is 1. The summed E-state index contributed by atoms with van der Waals surface area (Å²) in [4.78, 5) is 26.1. The van der Waals surface area contributed by atoms with Gasteiger partial charge in [0.2, 0.25) is 0 Å². The van der Waals surface area contributed by atoms with Crippen LogP contribution in [0.2, 0.25) is 0 Å². The first-order valence-electron chi connectivity index (χ1n) is 8.54. The minimum absolute atomic E-state index is 0.147. The van der Waals surface area contributed by atoms with Crippen molar-refractivity contribution in [1.29, 1.82) is 0 Å². The molecule has 1 N–H and O–H groups in total. The highest BCUT2D eigenvalue weighted by molar-refractivity contribution is 9.10. The Bertz CT molecular complexity index is 1060. The average molecular weight is 442 g/mol. The second kappa shape index (κ2) is 7.12. The molecule has 142 valence electrons. The van der Waals surface area contributed by atoms with Crippen LogP contribution in [0.25, 0.3) is 11.3 Å². The highest BCUT2D eigenvalue weighted by Crippen LogP contribution is 2.35. The molecule has 1 atom stereocenters. The van der Waals surface area contributed by atoms with Gasteiger partial charge in [-0.05, 0) is 37.3 Å². The monoisotopic (exact) mass is 441 g/mol. The second-order valence-corrected chi connectivity index (χ2v) is 7.29. The van der Waals surface area contributed by atoms with E-state index < -0.39 is 12.0 Å². The van der Waals surface area contributed by atoms with Gasteiger partial charge < -0.3 is 19.5 Å². The second-order valence-electron chi connectivity index (χ2n) is 6.38. The maximum Gasteiger partial charge on any atom is 0.277 e. The molecule has 0 spiro atoms. The minimum atomic E-state index is -0.537. The van der Waals surface area contributed by atoms with E-state index in [0.29, 0.717) is 22.9 Å². The van der Waals surface area contributed by atoms with Crippen molar-refractivity contribution in [2.75, 3.05) is 17.3 Å². The van der Waals surface area contributed by atoms with E-state index in [-0.39, 0.29) is 11.6 Å². The van der Waals surface area contributed by atoms with Crippen LogP contribution in [-0.4, -0.2) is 30.1 Å². The zero-order chi connectivity index (χ0) is 19.8. The summed E-state index contributed by atoms with van der Waals surface area (Å²) in [5, 5.41) is 6.61. The van der Waals surface area contributed by atoms with Crippen LogP contribution in [0.5, 0.6) is 5.75 Å². The number of hydrogen-bond acceptors (Lipinski definition) is 5. The Morgan fingerprint density at radius 1 is 1.18 bits per heavy atom. The third kappa shape index (κ3) is 3.38. The van der Waals surface area contributed by atoms with Crippen molar-refractivity contribution in [3.8, 4) is 17.1 Å². The molecule has 3 aromatic rings. The topological polar surface area (TPSA) is 84.7 Å². The van der Waals surface area contributed by atoms with Crippen molar-refractivity contribution < 1.29 is 18.8 Å². The van der Waals surface area contributed by atoms with Crippen LogP contribution < -0.4 is 15.0 Å². The molecule has 1 aromatic heterocycles. The van der Waals surface area contributed by atoms with Gasteiger partial charge in [-0.3, -0.25) is 9.59 Å². The molecular formula is C20H16BrN3O4. The van der Waals surface area contributed by atoms with Crippen molar-refractivity contribution in [2.24, 2.45) is 0 Å². The zero-order valence-corrected chi connectivity index (χ0v) is 16.7. The lowest BCUT2D eigenvalue weighted by Crippen LogP contribution is -2.41. The Morgan fingerprint density at radius 2 is 1.93 bits per heavy atom. The van der Waals surface area contributed by atoms with Gasteiger partial charge in [-0.25, -0.2) is 0 Å². The smallest absolute Gasteiger partial charge is 0.277 e. The Morgan fingerprint density at radius 3 is 2.68 bits per heavy atom. The summed E-state index contributed by atoms with van der Waals surface area (Å²) in [6.45, 7) is 1.70. The molecule has 1 aliphatic heterocycles. The summed E-state index contributed by atoms with van der Waals surface area (Å²) in [6, 6.07) is 14.2. The number of benzene rings is 2. The zero-order valence-electron chi connectivity index (χ0n) is 15.1. The summed E-state index contributed by atoms with van der Waals surface area (Å²) >= 11 is 3.38. The number of carbonyl (C=O) groups excluding carboxylic acids is 2. The van der Waals surface area contributed by atoms with E-state index in [1.54, 1.807) is 38.2 Å². The molecule has 0 saturated heterocycles. The first-order valence-corrected chi connectivity index (χ1v) is 9.34. The number of anilines is 2. The van der Waals surface area contributed by atoms with E-state index in [2.05, 4.69) is 26.4 Å². The largest absolute Gasteiger partial charge is 0.479 e. The Labute approximate surface area is 169 Å². The molecule has 8 heteroatoms. The molecule has 1 unspecified atom stereocenters. The van der Waals surface area contributed by atoms with E-state index in [0.717, 1.165) is 10.0 Å². The van der Waals surface area contributed by atoms with E-state index in [1.165, 1.54) is 4.90 Å². The molecule has 7 nitrogen and oxygen atoms in total. The molecule has 4 rings (SSSR count). The minimum Gasteiger partial charge on any atom is -0.479 e. The van der Waals surface area contributed by atoms with Gasteiger partial charge in [0.05, 0.1) is 5.69 Å². The van der Waals surface area contributed by atoms with E-state index >= 15 is 0 Å². The first-order chi connectivity index (χ1) is 13.4. The van der Waals surface area contributed by atoms with Crippen LogP contribution in [0, 0.1) is 0 Å². The van der Waals surface area contributed by atoms with Crippen molar-refractivity contribution in [3.63, 3.8) is 0 Å². The third-order valence-corrected chi connectivity index (χ3v) is 4.96. The van der Waals surface area contributed by atoms with E-state index in [1.807, 2.05) is 24.3 Å². The van der Waals surface area contributed by atoms with Gasteiger partial charge in [-0.15, -0.1) is 0 Å². The summed E-state index contributed by atoms with van der Waals surface area (Å²) in [5.41, 5.74) is 2.09. The number of nitrogens with zero attached hydrogens (tertiary/aromatic N) is 2. The lowest BCUT2D eigenvalue weighted by molar-refractivity contribution is -0.125. The lowest BCUT2D eigenvalue weighted by Gasteiger charge is -2.30. The molecule has 0 fully saturated rings. The highest BCUT2D eigenvalue weighted by atomic mass is 79.9. The normalized spacial score (nSPS) is 15.8. The Balaban J connectivity index is 1.53. The molecule has 2 amide bonds. The van der Waals surface area contributed by atoms with Gasteiger partial charge in [0, 0.05) is 28.8 Å². The molecule has 0 bridgehead atoms. The number of aromatic nitrogens is 1. The van der Waals surface area contributed by atoms with Crippen LogP contribution in [0.1, 0.15) is 17.4 Å². The van der Waals surface area contributed by atoms with Gasteiger partial charge in [0.1, 0.15) is 5.75 Å². The Kier molecular flexibility index (Phi) is 4.64. The lowest BCUT2D eigenvalue weighted by atomic mass is 10.1. The third-order valence-electron chi connectivity index (χ3n) is 4.43. The van der Waals surface area contributed by atoms with Gasteiger partial charge in [-0.1, -0.05) is 33.2 Å². The van der Waals surface area contributed by atoms with Gasteiger partial charge in [0.15, 0.2) is 17.6 Å². The Hall–Kier alpha value is -3.13. The van der Waals surface area contributed by atoms with Crippen molar-refractivity contribution in [1.82, 2.24) is 5.16 Å². The van der Waals surface area contributed by atoms with Crippen LogP contribution in [-0.2, 0) is 4.79 Å². The summed E-state index contributed by atoms with van der Waals surface area (Å²) < 4.78 is 11.8. The van der Waals surface area contributed by atoms with Crippen LogP contribution in [0.15, 0.2) is 57.5 Å². The standard InChI is InChI=1S/C20H16BrN3O4/c1-11-20(26)24(2)16-9-14(7-8-17(16)27-11)22-19(25)15-10-18(28-23-15)12-3-5-13(21)6-4-12/h3-11H,1-2H3,(H,22,25). The maximum atomic E-state index is 12.5. The highest BCUT2D eigenvalue weighted by Gasteiger charge is 2.29. The number of nitrogens with one attached hydrogen (secondary N) is 1. The average Bonchev–Trinajstić information content (AvgIpc) is 3.18. The van der Waals surface area contributed by atoms with Crippen molar-refractivity contribution >= 4 is 39.1 Å². The van der Waals surface area contributed by atoms with Crippen LogP contribution in [0.3, 0.4) is 0 Å². The molecule has 0 aliphatic carbocycles. The van der Waals surface area contributed by atoms with Gasteiger partial charge in [-0.2, -0.15) is 0 Å². The number of carbonyl (C=O) groups is 2. The number of halogens is 1. The fraction of sp³-hybridized carbons (Fsp3) is 0.150. The molecular weight excluding hydrogens is 426 g/mol. The fourth-order valence-corrected chi connectivity index (χ4v) is 3.18. The number of likely N-dealkylation sites (N-methyl/N-ethyl adjacent to an activating group) is 1. The predicted octanol–water partition coefficient (Wildman–Crippen LogP) is 4.10. The van der Waals surface area contributed by atoms with E-state index in [9.17, 15) is 9.59 Å². The van der Waals surface area contributed by atoms with Gasteiger partial charge >= 0.3 is 0 Å². The summed E-state index contributed by atoms with van der Waals surface area (Å²) in [6.07, 6.45) is -0.537.